The Labute approximate surface area is 94.0 Å². The van der Waals surface area contributed by atoms with Gasteiger partial charge in [0, 0.05) is 0 Å². The van der Waals surface area contributed by atoms with Crippen LogP contribution in [0, 0.1) is 0 Å². The van der Waals surface area contributed by atoms with Crippen molar-refractivity contribution in [3.63, 3.8) is 0 Å². The van der Waals surface area contributed by atoms with Crippen molar-refractivity contribution in [2.45, 2.75) is 72.3 Å². The predicted octanol–water partition coefficient (Wildman–Crippen LogP) is 3.34. The Morgan fingerprint density at radius 3 is 1.57 bits per heavy atom. The minimum absolute atomic E-state index is 0.759. The van der Waals surface area contributed by atoms with Crippen LogP contribution in [-0.2, 0) is 0 Å². The van der Waals surface area contributed by atoms with Gasteiger partial charge in [0.25, 0.3) is 0 Å². The molecule has 14 heavy (non-hydrogen) atoms. The van der Waals surface area contributed by atoms with Gasteiger partial charge in [0.15, 0.2) is 0 Å². The third kappa shape index (κ3) is 5.32. The Morgan fingerprint density at radius 2 is 1.36 bits per heavy atom. The maximum atomic E-state index is 2.74. The van der Waals surface area contributed by atoms with Gasteiger partial charge in [-0.3, -0.25) is 0 Å². The van der Waals surface area contributed by atoms with Gasteiger partial charge in [-0.1, -0.05) is 47.3 Å². The lowest BCUT2D eigenvalue weighted by Gasteiger charge is -2.37. The summed E-state index contributed by atoms with van der Waals surface area (Å²) >= 11 is 0. The quantitative estimate of drug-likeness (QED) is 0.632. The van der Waals surface area contributed by atoms with E-state index in [9.17, 15) is 0 Å². The van der Waals surface area contributed by atoms with Crippen LogP contribution in [0.25, 0.3) is 0 Å². The van der Waals surface area contributed by atoms with Crippen LogP contribution in [0.15, 0.2) is 0 Å². The Morgan fingerprint density at radius 1 is 1.00 bits per heavy atom. The topological polar surface area (TPSA) is 3.24 Å². The molecule has 0 aliphatic rings. The zero-order valence-electron chi connectivity index (χ0n) is 11.0. The standard InChI is InChI=1S/C11H27NSi2/c1-8-10(3)12(11(4)9-2)13-14(5,6)7/h10-11H,8-9H2,1-7H3. The van der Waals surface area contributed by atoms with Crippen LogP contribution in [0.1, 0.15) is 40.5 Å². The summed E-state index contributed by atoms with van der Waals surface area (Å²) in [6, 6.07) is 1.52. The Bertz CT molecular complexity index is 144. The molecule has 0 bridgehead atoms. The maximum Gasteiger partial charge on any atom is 0.127 e. The fraction of sp³-hybridized carbons (Fsp3) is 1.00. The van der Waals surface area contributed by atoms with Crippen LogP contribution in [0.5, 0.6) is 0 Å². The molecular formula is C11H27NSi2. The molecule has 2 unspecified atom stereocenters. The van der Waals surface area contributed by atoms with Gasteiger partial charge in [0.1, 0.15) is 9.20 Å². The molecule has 0 N–H and O–H groups in total. The monoisotopic (exact) mass is 229 g/mol. The van der Waals surface area contributed by atoms with Gasteiger partial charge in [-0.25, -0.2) is 0 Å². The Kier molecular flexibility index (Phi) is 6.25. The van der Waals surface area contributed by atoms with E-state index < -0.39 is 7.59 Å². The molecule has 0 heterocycles. The van der Waals surface area contributed by atoms with Gasteiger partial charge >= 0.3 is 0 Å². The summed E-state index contributed by atoms with van der Waals surface area (Å²) in [5.41, 5.74) is 0. The summed E-state index contributed by atoms with van der Waals surface area (Å²) in [5, 5.41) is 0. The highest BCUT2D eigenvalue weighted by Crippen LogP contribution is 2.13. The van der Waals surface area contributed by atoms with E-state index in [0.29, 0.717) is 0 Å². The zero-order chi connectivity index (χ0) is 11.4. The SMILES string of the molecule is CCC(C)N([Si][Si](C)(C)C)C(C)CC. The fourth-order valence-corrected chi connectivity index (χ4v) is 6.66. The van der Waals surface area contributed by atoms with Crippen molar-refractivity contribution >= 4 is 16.8 Å². The third-order valence-corrected chi connectivity index (χ3v) is 7.19. The van der Waals surface area contributed by atoms with Gasteiger partial charge in [-0.05, 0) is 24.9 Å². The molecule has 0 rings (SSSR count). The van der Waals surface area contributed by atoms with Gasteiger partial charge in [-0.2, -0.15) is 0 Å². The van der Waals surface area contributed by atoms with E-state index in [0.717, 1.165) is 21.3 Å². The van der Waals surface area contributed by atoms with Crippen molar-refractivity contribution in [3.8, 4) is 0 Å². The summed E-state index contributed by atoms with van der Waals surface area (Å²) in [5.74, 6) is 0. The number of nitrogens with zero attached hydrogens (tertiary/aromatic N) is 1. The molecule has 0 saturated heterocycles. The van der Waals surface area contributed by atoms with Crippen molar-refractivity contribution in [2.24, 2.45) is 0 Å². The van der Waals surface area contributed by atoms with Crippen molar-refractivity contribution in [2.75, 3.05) is 0 Å². The van der Waals surface area contributed by atoms with Crippen molar-refractivity contribution in [1.29, 1.82) is 0 Å². The van der Waals surface area contributed by atoms with Crippen LogP contribution >= 0.6 is 0 Å². The summed E-state index contributed by atoms with van der Waals surface area (Å²) in [4.78, 5) is 0. The fourth-order valence-electron chi connectivity index (χ4n) is 1.44. The van der Waals surface area contributed by atoms with Crippen LogP contribution in [0.2, 0.25) is 19.6 Å². The van der Waals surface area contributed by atoms with E-state index in [2.05, 4.69) is 51.9 Å². The molecule has 0 amide bonds. The van der Waals surface area contributed by atoms with Gasteiger partial charge in [-0.15, -0.1) is 0 Å². The Balaban J connectivity index is 4.40. The molecule has 0 aromatic carbocycles. The first kappa shape index (κ1) is 14.4. The first-order valence-electron chi connectivity index (χ1n) is 5.88. The molecule has 0 saturated carbocycles. The molecule has 2 radical (unpaired) electrons. The molecule has 0 aromatic rings. The first-order valence-corrected chi connectivity index (χ1v) is 11.3. The highest BCUT2D eigenvalue weighted by atomic mass is 29.2. The molecule has 0 spiro atoms. The van der Waals surface area contributed by atoms with E-state index in [-0.39, 0.29) is 0 Å². The third-order valence-electron chi connectivity index (χ3n) is 2.60. The van der Waals surface area contributed by atoms with Gasteiger partial charge < -0.3 is 4.57 Å². The molecule has 0 fully saturated rings. The largest absolute Gasteiger partial charge is 0.323 e. The molecule has 1 nitrogen and oxygen atoms in total. The zero-order valence-corrected chi connectivity index (χ0v) is 13.0. The van der Waals surface area contributed by atoms with Gasteiger partial charge in [0.2, 0.25) is 0 Å². The van der Waals surface area contributed by atoms with E-state index in [1.54, 1.807) is 0 Å². The van der Waals surface area contributed by atoms with Crippen molar-refractivity contribution < 1.29 is 0 Å². The van der Waals surface area contributed by atoms with Crippen LogP contribution in [-0.4, -0.2) is 33.4 Å². The second-order valence-electron chi connectivity index (χ2n) is 5.28. The lowest BCUT2D eigenvalue weighted by atomic mass is 10.2. The second-order valence-corrected chi connectivity index (χ2v) is 15.7. The Hall–Kier alpha value is 0.394. The van der Waals surface area contributed by atoms with E-state index in [1.165, 1.54) is 12.8 Å². The second kappa shape index (κ2) is 6.08. The first-order chi connectivity index (χ1) is 6.31. The smallest absolute Gasteiger partial charge is 0.127 e. The van der Waals surface area contributed by atoms with Crippen molar-refractivity contribution in [3.05, 3.63) is 0 Å². The van der Waals surface area contributed by atoms with Gasteiger partial charge in [0.05, 0.1) is 7.59 Å². The lowest BCUT2D eigenvalue weighted by molar-refractivity contribution is 0.272. The normalized spacial score (nSPS) is 17.1. The van der Waals surface area contributed by atoms with Crippen LogP contribution in [0.4, 0.5) is 0 Å². The number of hydrogen-bond acceptors (Lipinski definition) is 1. The highest BCUT2D eigenvalue weighted by molar-refractivity contribution is 7.22. The van der Waals surface area contributed by atoms with Crippen LogP contribution in [0.3, 0.4) is 0 Å². The predicted molar refractivity (Wildman–Crippen MR) is 70.4 cm³/mol. The molecule has 0 aromatic heterocycles. The van der Waals surface area contributed by atoms with E-state index in [4.69, 9.17) is 0 Å². The molecule has 3 heteroatoms. The van der Waals surface area contributed by atoms with E-state index in [1.807, 2.05) is 0 Å². The molecule has 0 aliphatic heterocycles. The molecular weight excluding hydrogens is 202 g/mol. The molecule has 2 atom stereocenters. The summed E-state index contributed by atoms with van der Waals surface area (Å²) in [6.45, 7) is 16.8. The minimum Gasteiger partial charge on any atom is -0.323 e. The highest BCUT2D eigenvalue weighted by Gasteiger charge is 2.25. The van der Waals surface area contributed by atoms with E-state index >= 15 is 0 Å². The maximum absolute atomic E-state index is 2.74. The van der Waals surface area contributed by atoms with Crippen molar-refractivity contribution in [1.82, 2.24) is 4.57 Å². The summed E-state index contributed by atoms with van der Waals surface area (Å²) < 4.78 is 2.74. The summed E-state index contributed by atoms with van der Waals surface area (Å²) in [7, 11) is 0.155. The summed E-state index contributed by atoms with van der Waals surface area (Å²) in [6.07, 6.45) is 2.56. The average Bonchev–Trinajstić information content (AvgIpc) is 2.10. The van der Waals surface area contributed by atoms with Crippen LogP contribution < -0.4 is 0 Å². The minimum atomic E-state index is -0.925. The number of rotatable bonds is 6. The average molecular weight is 230 g/mol. The molecule has 84 valence electrons. The lowest BCUT2D eigenvalue weighted by Crippen LogP contribution is -2.51. The molecule has 0 aliphatic carbocycles. The number of hydrogen-bond donors (Lipinski definition) is 0.